The Kier molecular flexibility index (Phi) is 4.48. The van der Waals surface area contributed by atoms with Gasteiger partial charge in [-0.05, 0) is 30.2 Å². The first-order valence-electron chi connectivity index (χ1n) is 5.35. The van der Waals surface area contributed by atoms with Gasteiger partial charge in [0, 0.05) is 5.69 Å². The Balaban J connectivity index is 2.92. The fourth-order valence-corrected chi connectivity index (χ4v) is 1.57. The SMILES string of the molecule is Nc1ccc(C(F)(F)F)cc1CCC([N+](=O)[O-])[N+](=O)[O-]. The van der Waals surface area contributed by atoms with Crippen LogP contribution >= 0.6 is 0 Å². The number of halogens is 3. The van der Waals surface area contributed by atoms with E-state index in [1.165, 1.54) is 0 Å². The van der Waals surface area contributed by atoms with E-state index in [1.54, 1.807) is 0 Å². The lowest BCUT2D eigenvalue weighted by atomic mass is 10.0. The van der Waals surface area contributed by atoms with Crippen LogP contribution < -0.4 is 5.73 Å². The molecule has 7 nitrogen and oxygen atoms in total. The molecule has 0 saturated heterocycles. The molecule has 0 aromatic heterocycles. The van der Waals surface area contributed by atoms with Crippen molar-refractivity contribution in [2.24, 2.45) is 0 Å². The summed E-state index contributed by atoms with van der Waals surface area (Å²) < 4.78 is 37.5. The summed E-state index contributed by atoms with van der Waals surface area (Å²) in [6, 6.07) is 2.54. The molecule has 0 aliphatic carbocycles. The standard InChI is InChI=1S/C10H10F3N3O4/c11-10(12,13)7-2-3-8(14)6(5-7)1-4-9(15(17)18)16(19)20/h2-3,5,9H,1,4,14H2. The third kappa shape index (κ3) is 3.80. The summed E-state index contributed by atoms with van der Waals surface area (Å²) >= 11 is 0. The van der Waals surface area contributed by atoms with E-state index < -0.39 is 34.2 Å². The predicted octanol–water partition coefficient (Wildman–Crippen LogP) is 2.10. The minimum absolute atomic E-state index is 0.00319. The second-order valence-electron chi connectivity index (χ2n) is 4.00. The molecule has 0 amide bonds. The Morgan fingerprint density at radius 1 is 1.20 bits per heavy atom. The molecule has 110 valence electrons. The third-order valence-corrected chi connectivity index (χ3v) is 2.63. The second kappa shape index (κ2) is 5.72. The quantitative estimate of drug-likeness (QED) is 0.386. The lowest BCUT2D eigenvalue weighted by molar-refractivity contribution is -0.742. The lowest BCUT2D eigenvalue weighted by Crippen LogP contribution is -2.29. The Bertz CT molecular complexity index is 519. The number of hydrogen-bond donors (Lipinski definition) is 1. The molecule has 0 unspecified atom stereocenters. The van der Waals surface area contributed by atoms with Gasteiger partial charge in [-0.1, -0.05) is 0 Å². The highest BCUT2D eigenvalue weighted by atomic mass is 19.4. The van der Waals surface area contributed by atoms with Crippen LogP contribution in [0.25, 0.3) is 0 Å². The normalized spacial score (nSPS) is 11.6. The predicted molar refractivity (Wildman–Crippen MR) is 62.0 cm³/mol. The van der Waals surface area contributed by atoms with Crippen LogP contribution in [0.2, 0.25) is 0 Å². The highest BCUT2D eigenvalue weighted by Gasteiger charge is 2.33. The van der Waals surface area contributed by atoms with Crippen molar-refractivity contribution in [1.29, 1.82) is 0 Å². The van der Waals surface area contributed by atoms with Crippen molar-refractivity contribution in [3.63, 3.8) is 0 Å². The minimum atomic E-state index is -4.58. The maximum atomic E-state index is 12.5. The van der Waals surface area contributed by atoms with Gasteiger partial charge in [-0.25, -0.2) is 0 Å². The highest BCUT2D eigenvalue weighted by molar-refractivity contribution is 5.49. The van der Waals surface area contributed by atoms with Crippen LogP contribution in [0.3, 0.4) is 0 Å². The largest absolute Gasteiger partial charge is 0.451 e. The molecule has 0 bridgehead atoms. The number of nitrogens with two attached hydrogens (primary N) is 1. The fourth-order valence-electron chi connectivity index (χ4n) is 1.57. The summed E-state index contributed by atoms with van der Waals surface area (Å²) in [5.74, 6) is 0. The van der Waals surface area contributed by atoms with Crippen LogP contribution in [0.5, 0.6) is 0 Å². The summed E-state index contributed by atoms with van der Waals surface area (Å²) in [4.78, 5) is 18.7. The molecule has 0 aliphatic rings. The maximum absolute atomic E-state index is 12.5. The Labute approximate surface area is 110 Å². The van der Waals surface area contributed by atoms with Crippen LogP contribution in [-0.2, 0) is 12.6 Å². The number of hydrogen-bond acceptors (Lipinski definition) is 5. The summed E-state index contributed by atoms with van der Waals surface area (Å²) in [6.07, 6.45) is -7.47. The van der Waals surface area contributed by atoms with E-state index in [-0.39, 0.29) is 17.7 Å². The van der Waals surface area contributed by atoms with Crippen molar-refractivity contribution in [3.8, 4) is 0 Å². The zero-order chi connectivity index (χ0) is 15.5. The molecule has 0 aliphatic heterocycles. The maximum Gasteiger partial charge on any atom is 0.451 e. The molecule has 0 radical (unpaired) electrons. The summed E-state index contributed by atoms with van der Waals surface area (Å²) in [7, 11) is 0. The smallest absolute Gasteiger partial charge is 0.399 e. The number of rotatable bonds is 5. The molecule has 20 heavy (non-hydrogen) atoms. The van der Waals surface area contributed by atoms with E-state index in [0.717, 1.165) is 18.2 Å². The van der Waals surface area contributed by atoms with Gasteiger partial charge in [0.2, 0.25) is 0 Å². The number of benzene rings is 1. The molecule has 0 atom stereocenters. The van der Waals surface area contributed by atoms with Crippen LogP contribution in [-0.4, -0.2) is 16.0 Å². The average molecular weight is 293 g/mol. The molecule has 10 heteroatoms. The van der Waals surface area contributed by atoms with Gasteiger partial charge in [-0.3, -0.25) is 20.2 Å². The zero-order valence-electron chi connectivity index (χ0n) is 9.96. The molecular formula is C10H10F3N3O4. The van der Waals surface area contributed by atoms with E-state index in [9.17, 15) is 33.4 Å². The van der Waals surface area contributed by atoms with Crippen LogP contribution in [0.4, 0.5) is 18.9 Å². The summed E-state index contributed by atoms with van der Waals surface area (Å²) in [5.41, 5.74) is 4.50. The summed E-state index contributed by atoms with van der Waals surface area (Å²) in [6.45, 7) is 0. The molecule has 0 saturated carbocycles. The molecule has 1 aromatic rings. The van der Waals surface area contributed by atoms with E-state index in [0.29, 0.717) is 0 Å². The average Bonchev–Trinajstić information content (AvgIpc) is 2.29. The topological polar surface area (TPSA) is 112 Å². The zero-order valence-corrected chi connectivity index (χ0v) is 9.96. The van der Waals surface area contributed by atoms with Crippen LogP contribution in [0.15, 0.2) is 18.2 Å². The fraction of sp³-hybridized carbons (Fsp3) is 0.400. The minimum Gasteiger partial charge on any atom is -0.399 e. The van der Waals surface area contributed by atoms with Crippen molar-refractivity contribution in [2.75, 3.05) is 5.73 Å². The van der Waals surface area contributed by atoms with Crippen LogP contribution in [0.1, 0.15) is 17.5 Å². The van der Waals surface area contributed by atoms with Crippen LogP contribution in [0, 0.1) is 20.2 Å². The lowest BCUT2D eigenvalue weighted by Gasteiger charge is -2.11. The van der Waals surface area contributed by atoms with Gasteiger partial charge >= 0.3 is 12.3 Å². The number of anilines is 1. The van der Waals surface area contributed by atoms with E-state index in [4.69, 9.17) is 5.73 Å². The van der Waals surface area contributed by atoms with Gasteiger partial charge in [-0.15, -0.1) is 0 Å². The Morgan fingerprint density at radius 2 is 1.75 bits per heavy atom. The van der Waals surface area contributed by atoms with Gasteiger partial charge in [0.05, 0.1) is 21.8 Å². The summed E-state index contributed by atoms with van der Waals surface area (Å²) in [5, 5.41) is 20.9. The van der Waals surface area contributed by atoms with Gasteiger partial charge in [0.25, 0.3) is 0 Å². The van der Waals surface area contributed by atoms with Crippen molar-refractivity contribution in [1.82, 2.24) is 0 Å². The van der Waals surface area contributed by atoms with Crippen molar-refractivity contribution in [2.45, 2.75) is 25.2 Å². The molecule has 0 fully saturated rings. The number of nitrogen functional groups attached to an aromatic ring is 1. The third-order valence-electron chi connectivity index (χ3n) is 2.63. The molecular weight excluding hydrogens is 283 g/mol. The molecule has 0 heterocycles. The van der Waals surface area contributed by atoms with Gasteiger partial charge in [0.15, 0.2) is 0 Å². The number of alkyl halides is 3. The van der Waals surface area contributed by atoms with E-state index in [1.807, 2.05) is 0 Å². The van der Waals surface area contributed by atoms with Crippen molar-refractivity contribution < 1.29 is 23.0 Å². The molecule has 0 spiro atoms. The first-order chi connectivity index (χ1) is 9.12. The highest BCUT2D eigenvalue weighted by Crippen LogP contribution is 2.31. The van der Waals surface area contributed by atoms with E-state index in [2.05, 4.69) is 0 Å². The van der Waals surface area contributed by atoms with Gasteiger partial charge in [-0.2, -0.15) is 13.2 Å². The monoisotopic (exact) mass is 293 g/mol. The number of nitrogens with zero attached hydrogens (tertiary/aromatic N) is 2. The van der Waals surface area contributed by atoms with Crippen molar-refractivity contribution in [3.05, 3.63) is 49.6 Å². The van der Waals surface area contributed by atoms with Crippen molar-refractivity contribution >= 4 is 5.69 Å². The Hall–Kier alpha value is -2.39. The first-order valence-corrected chi connectivity index (χ1v) is 5.35. The number of aryl methyl sites for hydroxylation is 1. The Morgan fingerprint density at radius 3 is 2.20 bits per heavy atom. The second-order valence-corrected chi connectivity index (χ2v) is 4.00. The number of nitro groups is 2. The molecule has 2 N–H and O–H groups in total. The van der Waals surface area contributed by atoms with Gasteiger partial charge in [0.1, 0.15) is 0 Å². The first kappa shape index (κ1) is 15.7. The molecule has 1 rings (SSSR count). The van der Waals surface area contributed by atoms with E-state index >= 15 is 0 Å². The molecule has 1 aromatic carbocycles. The van der Waals surface area contributed by atoms with Gasteiger partial charge < -0.3 is 5.73 Å².